The standard InChI is InChI=1S/C25H35IO3/c1-5-29-24(28)12-16(2)19-8-11-22-21(14-18-6-9-20(26)10-7-18)23(27)13-17(3)25(22,4)15-19/h6-7,9-10,12,17,19,21-23,27H,5,8,11,13-15H2,1-4H3/b16-12-/t17-,19-,21+,22-,23+,25+/m1/s1. The van der Waals surface area contributed by atoms with Crippen molar-refractivity contribution in [1.29, 1.82) is 0 Å². The zero-order valence-corrected chi connectivity index (χ0v) is 20.3. The Hall–Kier alpha value is -0.880. The average molecular weight is 510 g/mol. The number of hydrogen-bond acceptors (Lipinski definition) is 3. The molecule has 160 valence electrons. The van der Waals surface area contributed by atoms with Crippen LogP contribution in [-0.4, -0.2) is 23.8 Å². The van der Waals surface area contributed by atoms with Crippen LogP contribution in [-0.2, 0) is 16.0 Å². The van der Waals surface area contributed by atoms with Crippen molar-refractivity contribution in [2.45, 2.75) is 65.9 Å². The van der Waals surface area contributed by atoms with E-state index in [1.54, 1.807) is 6.08 Å². The third-order valence-corrected chi connectivity index (χ3v) is 8.47. The molecule has 0 spiro atoms. The van der Waals surface area contributed by atoms with Crippen molar-refractivity contribution >= 4 is 28.6 Å². The fourth-order valence-corrected chi connectivity index (χ4v) is 6.25. The molecule has 0 radical (unpaired) electrons. The molecule has 0 saturated heterocycles. The molecule has 1 aromatic carbocycles. The average Bonchev–Trinajstić information content (AvgIpc) is 2.67. The Morgan fingerprint density at radius 1 is 1.31 bits per heavy atom. The number of carbonyl (C=O) groups is 1. The first-order valence-electron chi connectivity index (χ1n) is 11.0. The number of rotatable bonds is 5. The summed E-state index contributed by atoms with van der Waals surface area (Å²) in [6, 6.07) is 8.74. The normalized spacial score (nSPS) is 35.1. The predicted octanol–water partition coefficient (Wildman–Crippen LogP) is 5.78. The number of hydrogen-bond donors (Lipinski definition) is 1. The summed E-state index contributed by atoms with van der Waals surface area (Å²) in [6.45, 7) is 9.08. The highest BCUT2D eigenvalue weighted by molar-refractivity contribution is 14.1. The molecule has 2 aliphatic carbocycles. The molecule has 2 saturated carbocycles. The smallest absolute Gasteiger partial charge is 0.330 e. The number of fused-ring (bicyclic) bond motifs is 1. The Balaban J connectivity index is 1.78. The van der Waals surface area contributed by atoms with Gasteiger partial charge in [0.2, 0.25) is 0 Å². The fourth-order valence-electron chi connectivity index (χ4n) is 5.89. The SMILES string of the molecule is CCOC(=O)/C=C(/C)[C@@H]1CC[C@@H]2[C@H](Cc3ccc(I)cc3)[C@@H](O)C[C@@H](C)[C@]2(C)C1. The van der Waals surface area contributed by atoms with Crippen molar-refractivity contribution in [2.75, 3.05) is 6.61 Å². The third-order valence-electron chi connectivity index (χ3n) is 7.75. The molecule has 0 bridgehead atoms. The molecule has 2 fully saturated rings. The van der Waals surface area contributed by atoms with E-state index >= 15 is 0 Å². The van der Waals surface area contributed by atoms with E-state index in [1.807, 2.05) is 6.92 Å². The fraction of sp³-hybridized carbons (Fsp3) is 0.640. The van der Waals surface area contributed by atoms with Crippen LogP contribution in [0.25, 0.3) is 0 Å². The van der Waals surface area contributed by atoms with Crippen molar-refractivity contribution in [3.8, 4) is 0 Å². The number of aliphatic hydroxyl groups is 1. The van der Waals surface area contributed by atoms with Gasteiger partial charge in [0.25, 0.3) is 0 Å². The minimum atomic E-state index is -0.227. The molecule has 2 aliphatic rings. The molecule has 6 atom stereocenters. The largest absolute Gasteiger partial charge is 0.463 e. The molecule has 4 heteroatoms. The van der Waals surface area contributed by atoms with Gasteiger partial charge in [0, 0.05) is 9.65 Å². The number of ether oxygens (including phenoxy) is 1. The van der Waals surface area contributed by atoms with Gasteiger partial charge in [-0.25, -0.2) is 4.79 Å². The maximum Gasteiger partial charge on any atom is 0.330 e. The van der Waals surface area contributed by atoms with Gasteiger partial charge in [0.05, 0.1) is 12.7 Å². The molecule has 3 rings (SSSR count). The van der Waals surface area contributed by atoms with Crippen LogP contribution in [0.3, 0.4) is 0 Å². The van der Waals surface area contributed by atoms with Crippen LogP contribution < -0.4 is 0 Å². The molecule has 29 heavy (non-hydrogen) atoms. The lowest BCUT2D eigenvalue weighted by atomic mass is 9.49. The van der Waals surface area contributed by atoms with Gasteiger partial charge in [-0.1, -0.05) is 31.6 Å². The number of carbonyl (C=O) groups excluding carboxylic acids is 1. The highest BCUT2D eigenvalue weighted by Crippen LogP contribution is 2.58. The molecule has 0 aromatic heterocycles. The van der Waals surface area contributed by atoms with Gasteiger partial charge in [-0.15, -0.1) is 0 Å². The van der Waals surface area contributed by atoms with Crippen molar-refractivity contribution in [1.82, 2.24) is 0 Å². The van der Waals surface area contributed by atoms with Crippen molar-refractivity contribution in [2.24, 2.45) is 29.1 Å². The second-order valence-corrected chi connectivity index (χ2v) is 10.7. The van der Waals surface area contributed by atoms with E-state index in [9.17, 15) is 9.90 Å². The summed E-state index contributed by atoms with van der Waals surface area (Å²) in [6.07, 6.45) is 6.59. The first-order valence-corrected chi connectivity index (χ1v) is 12.1. The van der Waals surface area contributed by atoms with E-state index in [2.05, 4.69) is 67.6 Å². The van der Waals surface area contributed by atoms with E-state index in [1.165, 1.54) is 9.13 Å². The first-order chi connectivity index (χ1) is 13.7. The van der Waals surface area contributed by atoms with Crippen LogP contribution in [0.2, 0.25) is 0 Å². The molecule has 0 amide bonds. The Morgan fingerprint density at radius 2 is 2.00 bits per heavy atom. The molecule has 0 heterocycles. The molecule has 0 unspecified atom stereocenters. The Labute approximate surface area is 189 Å². The van der Waals surface area contributed by atoms with Crippen LogP contribution in [0.4, 0.5) is 0 Å². The van der Waals surface area contributed by atoms with Crippen LogP contribution in [0, 0.1) is 32.7 Å². The summed E-state index contributed by atoms with van der Waals surface area (Å²) in [5, 5.41) is 11.0. The second kappa shape index (κ2) is 9.51. The minimum absolute atomic E-state index is 0.194. The number of esters is 1. The summed E-state index contributed by atoms with van der Waals surface area (Å²) in [7, 11) is 0. The highest BCUT2D eigenvalue weighted by Gasteiger charge is 2.52. The number of allylic oxidation sites excluding steroid dienone is 1. The van der Waals surface area contributed by atoms with Crippen molar-refractivity contribution in [3.05, 3.63) is 45.0 Å². The van der Waals surface area contributed by atoms with E-state index in [-0.39, 0.29) is 17.5 Å². The van der Waals surface area contributed by atoms with E-state index in [0.29, 0.717) is 30.3 Å². The Kier molecular flexibility index (Phi) is 7.47. The number of aliphatic hydroxyl groups excluding tert-OH is 1. The van der Waals surface area contributed by atoms with E-state index in [4.69, 9.17) is 4.74 Å². The van der Waals surface area contributed by atoms with E-state index in [0.717, 1.165) is 37.7 Å². The molecular weight excluding hydrogens is 475 g/mol. The van der Waals surface area contributed by atoms with Gasteiger partial charge in [0.15, 0.2) is 0 Å². The quantitative estimate of drug-likeness (QED) is 0.310. The van der Waals surface area contributed by atoms with Gasteiger partial charge in [-0.2, -0.15) is 0 Å². The van der Waals surface area contributed by atoms with Crippen LogP contribution in [0.5, 0.6) is 0 Å². The van der Waals surface area contributed by atoms with Crippen LogP contribution in [0.15, 0.2) is 35.9 Å². The maximum absolute atomic E-state index is 11.9. The molecule has 1 N–H and O–H groups in total. The Morgan fingerprint density at radius 3 is 2.66 bits per heavy atom. The van der Waals surface area contributed by atoms with Crippen LogP contribution in [0.1, 0.15) is 58.9 Å². The zero-order valence-electron chi connectivity index (χ0n) is 18.2. The monoisotopic (exact) mass is 510 g/mol. The van der Waals surface area contributed by atoms with Gasteiger partial charge in [0.1, 0.15) is 0 Å². The second-order valence-electron chi connectivity index (χ2n) is 9.43. The summed E-state index contributed by atoms with van der Waals surface area (Å²) in [5.74, 6) is 1.52. The lowest BCUT2D eigenvalue weighted by Gasteiger charge is -2.56. The molecule has 1 aromatic rings. The predicted molar refractivity (Wildman–Crippen MR) is 125 cm³/mol. The summed E-state index contributed by atoms with van der Waals surface area (Å²) < 4.78 is 6.36. The highest BCUT2D eigenvalue weighted by atomic mass is 127. The molecular formula is C25H35IO3. The summed E-state index contributed by atoms with van der Waals surface area (Å²) >= 11 is 2.34. The van der Waals surface area contributed by atoms with Crippen molar-refractivity contribution in [3.63, 3.8) is 0 Å². The van der Waals surface area contributed by atoms with Gasteiger partial charge in [-0.3, -0.25) is 0 Å². The lowest BCUT2D eigenvalue weighted by molar-refractivity contribution is -0.137. The summed E-state index contributed by atoms with van der Waals surface area (Å²) in [4.78, 5) is 11.9. The summed E-state index contributed by atoms with van der Waals surface area (Å²) in [5.41, 5.74) is 2.67. The van der Waals surface area contributed by atoms with Gasteiger partial charge >= 0.3 is 5.97 Å². The Bertz CT molecular complexity index is 741. The van der Waals surface area contributed by atoms with Gasteiger partial charge in [-0.05, 0) is 115 Å². The van der Waals surface area contributed by atoms with Crippen LogP contribution >= 0.6 is 22.6 Å². The lowest BCUT2D eigenvalue weighted by Crippen LogP contribution is -2.52. The van der Waals surface area contributed by atoms with E-state index < -0.39 is 0 Å². The molecule has 0 aliphatic heterocycles. The third kappa shape index (κ3) is 5.07. The minimum Gasteiger partial charge on any atom is -0.463 e. The number of benzene rings is 1. The van der Waals surface area contributed by atoms with Crippen molar-refractivity contribution < 1.29 is 14.6 Å². The van der Waals surface area contributed by atoms with Gasteiger partial charge < -0.3 is 9.84 Å². The first kappa shape index (κ1) is 22.8. The molecule has 3 nitrogen and oxygen atoms in total. The topological polar surface area (TPSA) is 46.5 Å². The number of halogens is 1. The maximum atomic E-state index is 11.9. The zero-order chi connectivity index (χ0) is 21.2.